The summed E-state index contributed by atoms with van der Waals surface area (Å²) in [5, 5.41) is 17.0. The molecule has 1 aromatic carbocycles. The molecule has 1 aromatic heterocycles. The van der Waals surface area contributed by atoms with Crippen LogP contribution in [0.3, 0.4) is 0 Å². The van der Waals surface area contributed by atoms with Crippen molar-refractivity contribution in [1.82, 2.24) is 20.4 Å². The zero-order valence-corrected chi connectivity index (χ0v) is 18.8. The van der Waals surface area contributed by atoms with Crippen LogP contribution in [-0.4, -0.2) is 64.4 Å². The minimum atomic E-state index is -5.08. The average Bonchev–Trinajstić information content (AvgIpc) is 3.07. The number of nitrogens with zero attached hydrogens (tertiary/aromatic N) is 2. The second-order valence-electron chi connectivity index (χ2n) is 7.65. The van der Waals surface area contributed by atoms with Crippen LogP contribution in [0.2, 0.25) is 0 Å². The highest BCUT2D eigenvalue weighted by Crippen LogP contribution is 2.18. The molecule has 0 aliphatic carbocycles. The van der Waals surface area contributed by atoms with E-state index in [0.717, 1.165) is 29.8 Å². The van der Waals surface area contributed by atoms with Crippen molar-refractivity contribution >= 4 is 11.9 Å². The molecule has 0 saturated carbocycles. The predicted molar refractivity (Wildman–Crippen MR) is 115 cm³/mol. The number of H-pyrrole nitrogens is 1. The summed E-state index contributed by atoms with van der Waals surface area (Å²) >= 11 is 0. The number of alkyl halides is 3. The molecule has 0 bridgehead atoms. The highest BCUT2D eigenvalue weighted by molar-refractivity contribution is 5.94. The third-order valence-corrected chi connectivity index (χ3v) is 5.29. The number of benzene rings is 1. The summed E-state index contributed by atoms with van der Waals surface area (Å²) in [7, 11) is 0. The van der Waals surface area contributed by atoms with Gasteiger partial charge in [0.2, 0.25) is 0 Å². The number of rotatable bonds is 4. The molecule has 1 fully saturated rings. The van der Waals surface area contributed by atoms with E-state index in [1.807, 2.05) is 6.92 Å². The fourth-order valence-electron chi connectivity index (χ4n) is 3.50. The molecule has 0 radical (unpaired) electrons. The SMILES string of the molecule is CCc1c(Cc2ccc(F)c(C(=O)N3CCCNCC3)c2)n[nH]c(=O)c1C.O=C(O)C(F)(F)F. The summed E-state index contributed by atoms with van der Waals surface area (Å²) in [6.07, 6.45) is -3.11. The van der Waals surface area contributed by atoms with Crippen molar-refractivity contribution < 1.29 is 32.3 Å². The molecule has 3 rings (SSSR count). The van der Waals surface area contributed by atoms with Gasteiger partial charge in [0.25, 0.3) is 11.5 Å². The van der Waals surface area contributed by atoms with Crippen LogP contribution in [0.4, 0.5) is 17.6 Å². The van der Waals surface area contributed by atoms with E-state index >= 15 is 0 Å². The number of hydrogen-bond acceptors (Lipinski definition) is 5. The lowest BCUT2D eigenvalue weighted by atomic mass is 9.99. The van der Waals surface area contributed by atoms with E-state index in [1.165, 1.54) is 6.07 Å². The fraction of sp³-hybridized carbons (Fsp3) is 0.455. The van der Waals surface area contributed by atoms with E-state index in [4.69, 9.17) is 9.90 Å². The van der Waals surface area contributed by atoms with Crippen LogP contribution >= 0.6 is 0 Å². The first-order valence-electron chi connectivity index (χ1n) is 10.6. The molecule has 8 nitrogen and oxygen atoms in total. The molecule has 1 aliphatic heterocycles. The van der Waals surface area contributed by atoms with E-state index in [2.05, 4.69) is 15.5 Å². The van der Waals surface area contributed by atoms with Gasteiger partial charge >= 0.3 is 12.1 Å². The van der Waals surface area contributed by atoms with Crippen molar-refractivity contribution in [3.8, 4) is 0 Å². The lowest BCUT2D eigenvalue weighted by Crippen LogP contribution is -2.34. The Morgan fingerprint density at radius 3 is 2.50 bits per heavy atom. The quantitative estimate of drug-likeness (QED) is 0.572. The number of hydrogen-bond donors (Lipinski definition) is 3. The van der Waals surface area contributed by atoms with Gasteiger partial charge in [-0.3, -0.25) is 9.59 Å². The zero-order valence-electron chi connectivity index (χ0n) is 18.8. The monoisotopic (exact) mass is 486 g/mol. The lowest BCUT2D eigenvalue weighted by molar-refractivity contribution is -0.192. The summed E-state index contributed by atoms with van der Waals surface area (Å²) in [6.45, 7) is 6.52. The Labute approximate surface area is 193 Å². The Kier molecular flexibility index (Phi) is 9.30. The summed E-state index contributed by atoms with van der Waals surface area (Å²) < 4.78 is 46.1. The van der Waals surface area contributed by atoms with Crippen LogP contribution in [0.15, 0.2) is 23.0 Å². The molecular formula is C22H26F4N4O4. The maximum atomic E-state index is 14.4. The maximum Gasteiger partial charge on any atom is 0.490 e. The van der Waals surface area contributed by atoms with Crippen LogP contribution < -0.4 is 10.9 Å². The number of amides is 1. The normalized spacial score (nSPS) is 14.1. The van der Waals surface area contributed by atoms with Crippen LogP contribution in [0, 0.1) is 12.7 Å². The van der Waals surface area contributed by atoms with Crippen molar-refractivity contribution in [2.24, 2.45) is 0 Å². The van der Waals surface area contributed by atoms with Crippen molar-refractivity contribution in [1.29, 1.82) is 0 Å². The number of aromatic amines is 1. The van der Waals surface area contributed by atoms with E-state index in [-0.39, 0.29) is 17.0 Å². The van der Waals surface area contributed by atoms with Crippen LogP contribution in [-0.2, 0) is 17.6 Å². The van der Waals surface area contributed by atoms with Gasteiger partial charge in [-0.25, -0.2) is 14.3 Å². The summed E-state index contributed by atoms with van der Waals surface area (Å²) in [4.78, 5) is 35.2. The van der Waals surface area contributed by atoms with Crippen molar-refractivity contribution in [2.45, 2.75) is 39.3 Å². The number of aliphatic carboxylic acids is 1. The minimum Gasteiger partial charge on any atom is -0.475 e. The minimum absolute atomic E-state index is 0.0913. The van der Waals surface area contributed by atoms with E-state index in [0.29, 0.717) is 38.0 Å². The van der Waals surface area contributed by atoms with Gasteiger partial charge in [-0.1, -0.05) is 13.0 Å². The Hall–Kier alpha value is -3.28. The molecule has 2 heterocycles. The van der Waals surface area contributed by atoms with Gasteiger partial charge in [0, 0.05) is 31.6 Å². The number of halogens is 4. The van der Waals surface area contributed by atoms with Crippen molar-refractivity contribution in [3.05, 3.63) is 62.3 Å². The van der Waals surface area contributed by atoms with Gasteiger partial charge in [0.1, 0.15) is 5.82 Å². The Morgan fingerprint density at radius 2 is 1.88 bits per heavy atom. The van der Waals surface area contributed by atoms with Gasteiger partial charge in [-0.05, 0) is 49.6 Å². The van der Waals surface area contributed by atoms with E-state index in [1.54, 1.807) is 24.0 Å². The summed E-state index contributed by atoms with van der Waals surface area (Å²) in [5.41, 5.74) is 2.99. The third-order valence-electron chi connectivity index (χ3n) is 5.29. The molecule has 1 saturated heterocycles. The molecule has 12 heteroatoms. The number of carbonyl (C=O) groups is 2. The first-order chi connectivity index (χ1) is 16.0. The first-order valence-corrected chi connectivity index (χ1v) is 10.6. The van der Waals surface area contributed by atoms with Gasteiger partial charge in [0.15, 0.2) is 0 Å². The summed E-state index contributed by atoms with van der Waals surface area (Å²) in [6, 6.07) is 4.61. The zero-order chi connectivity index (χ0) is 25.5. The molecule has 1 amide bonds. The molecule has 186 valence electrons. The summed E-state index contributed by atoms with van der Waals surface area (Å²) in [5.74, 6) is -3.55. The highest BCUT2D eigenvalue weighted by Gasteiger charge is 2.38. The van der Waals surface area contributed by atoms with E-state index < -0.39 is 18.0 Å². The number of carboxylic acid groups (broad SMARTS) is 1. The number of carbonyl (C=O) groups excluding carboxylic acids is 1. The molecule has 0 atom stereocenters. The second-order valence-corrected chi connectivity index (χ2v) is 7.65. The fourth-order valence-corrected chi connectivity index (χ4v) is 3.50. The number of aromatic nitrogens is 2. The van der Waals surface area contributed by atoms with Gasteiger partial charge < -0.3 is 15.3 Å². The molecule has 34 heavy (non-hydrogen) atoms. The van der Waals surface area contributed by atoms with Crippen molar-refractivity contribution in [2.75, 3.05) is 26.2 Å². The maximum absolute atomic E-state index is 14.4. The molecule has 2 aromatic rings. The van der Waals surface area contributed by atoms with E-state index in [9.17, 15) is 27.2 Å². The van der Waals surface area contributed by atoms with Crippen LogP contribution in [0.1, 0.15) is 46.1 Å². The lowest BCUT2D eigenvalue weighted by Gasteiger charge is -2.20. The molecule has 3 N–H and O–H groups in total. The third kappa shape index (κ3) is 7.11. The Morgan fingerprint density at radius 1 is 1.21 bits per heavy atom. The van der Waals surface area contributed by atoms with Gasteiger partial charge in [0.05, 0.1) is 11.3 Å². The first kappa shape index (κ1) is 27.0. The van der Waals surface area contributed by atoms with Crippen molar-refractivity contribution in [3.63, 3.8) is 0 Å². The largest absolute Gasteiger partial charge is 0.490 e. The predicted octanol–water partition coefficient (Wildman–Crippen LogP) is 2.44. The Balaban J connectivity index is 0.000000509. The standard InChI is InChI=1S/C20H25FN4O2.C2HF3O2/c1-3-15-13(2)19(26)24-23-18(15)12-14-5-6-17(21)16(11-14)20(27)25-9-4-7-22-8-10-25;3-2(4,5)1(6)7/h5-6,11,22H,3-4,7-10,12H2,1-2H3,(H,24,26);(H,6,7). The number of carboxylic acids is 1. The average molecular weight is 486 g/mol. The van der Waals surface area contributed by atoms with Crippen LogP contribution in [0.5, 0.6) is 0 Å². The molecule has 0 unspecified atom stereocenters. The molecule has 1 aliphatic rings. The number of nitrogens with one attached hydrogen (secondary N) is 2. The van der Waals surface area contributed by atoms with Gasteiger partial charge in [-0.2, -0.15) is 18.3 Å². The Bertz CT molecular complexity index is 1080. The molecular weight excluding hydrogens is 460 g/mol. The second kappa shape index (κ2) is 11.7. The van der Waals surface area contributed by atoms with Gasteiger partial charge in [-0.15, -0.1) is 0 Å². The highest BCUT2D eigenvalue weighted by atomic mass is 19.4. The topological polar surface area (TPSA) is 115 Å². The smallest absolute Gasteiger partial charge is 0.475 e. The molecule has 0 spiro atoms. The van der Waals surface area contributed by atoms with Crippen LogP contribution in [0.25, 0.3) is 0 Å².